The first-order valence-corrected chi connectivity index (χ1v) is 16.0. The number of hydrogen-bond acceptors (Lipinski definition) is 7. The van der Waals surface area contributed by atoms with E-state index in [1.807, 2.05) is 24.3 Å². The lowest BCUT2D eigenvalue weighted by Crippen LogP contribution is -2.35. The Kier molecular flexibility index (Phi) is 11.4. The largest absolute Gasteiger partial charge is 0.497 e. The van der Waals surface area contributed by atoms with Crippen LogP contribution in [0.15, 0.2) is 97.1 Å². The Labute approximate surface area is 279 Å². The molecule has 2 amide bonds. The molecule has 248 valence electrons. The van der Waals surface area contributed by atoms with E-state index in [-0.39, 0.29) is 24.4 Å². The van der Waals surface area contributed by atoms with Gasteiger partial charge in [-0.2, -0.15) is 0 Å². The zero-order valence-corrected chi connectivity index (χ0v) is 26.8. The SMILES string of the molecule is COc1ccc(CC(=O)Nc2ccc(C(=O)N(CC(=O)O)Cc3ccc(OC(=O)c4ccc(NC5CCCCC5)cc4)cc3)cc2)cc1. The Hall–Kier alpha value is -5.64. The third-order valence-corrected chi connectivity index (χ3v) is 8.16. The van der Waals surface area contributed by atoms with Gasteiger partial charge in [0.2, 0.25) is 5.91 Å². The fraction of sp³-hybridized carbons (Fsp3) is 0.263. The van der Waals surface area contributed by atoms with Gasteiger partial charge >= 0.3 is 11.9 Å². The summed E-state index contributed by atoms with van der Waals surface area (Å²) in [6, 6.07) is 27.8. The molecule has 48 heavy (non-hydrogen) atoms. The second-order valence-electron chi connectivity index (χ2n) is 11.8. The lowest BCUT2D eigenvalue weighted by molar-refractivity contribution is -0.137. The first kappa shape index (κ1) is 33.7. The molecule has 1 saturated carbocycles. The van der Waals surface area contributed by atoms with Crippen molar-refractivity contribution in [1.29, 1.82) is 0 Å². The van der Waals surface area contributed by atoms with E-state index in [0.29, 0.717) is 34.4 Å². The second kappa shape index (κ2) is 16.3. The number of carboxylic acids is 1. The highest BCUT2D eigenvalue weighted by Gasteiger charge is 2.20. The number of benzene rings is 4. The van der Waals surface area contributed by atoms with Gasteiger partial charge in [0.25, 0.3) is 5.91 Å². The van der Waals surface area contributed by atoms with Gasteiger partial charge < -0.3 is 30.1 Å². The first-order chi connectivity index (χ1) is 23.2. The summed E-state index contributed by atoms with van der Waals surface area (Å²) in [7, 11) is 1.57. The van der Waals surface area contributed by atoms with E-state index in [1.54, 1.807) is 79.9 Å². The van der Waals surface area contributed by atoms with Crippen molar-refractivity contribution in [3.05, 3.63) is 119 Å². The summed E-state index contributed by atoms with van der Waals surface area (Å²) >= 11 is 0. The van der Waals surface area contributed by atoms with Crippen LogP contribution in [0.25, 0.3) is 0 Å². The molecule has 1 aliphatic rings. The molecule has 4 aromatic rings. The number of amides is 2. The Morgan fingerprint density at radius 3 is 1.94 bits per heavy atom. The highest BCUT2D eigenvalue weighted by molar-refractivity contribution is 5.97. The van der Waals surface area contributed by atoms with Crippen LogP contribution < -0.4 is 20.1 Å². The average Bonchev–Trinajstić information content (AvgIpc) is 3.09. The van der Waals surface area contributed by atoms with Crippen LogP contribution in [0.1, 0.15) is 63.9 Å². The predicted octanol–water partition coefficient (Wildman–Crippen LogP) is 6.57. The van der Waals surface area contributed by atoms with Crippen molar-refractivity contribution < 1.29 is 33.8 Å². The van der Waals surface area contributed by atoms with Crippen molar-refractivity contribution in [3.8, 4) is 11.5 Å². The fourth-order valence-corrected chi connectivity index (χ4v) is 5.61. The highest BCUT2D eigenvalue weighted by atomic mass is 16.5. The van der Waals surface area contributed by atoms with Crippen LogP contribution in [-0.4, -0.2) is 53.5 Å². The van der Waals surface area contributed by atoms with Crippen LogP contribution in [0.2, 0.25) is 0 Å². The van der Waals surface area contributed by atoms with Crippen molar-refractivity contribution in [2.75, 3.05) is 24.3 Å². The van der Waals surface area contributed by atoms with Crippen molar-refractivity contribution >= 4 is 35.1 Å². The summed E-state index contributed by atoms with van der Waals surface area (Å²) in [5.74, 6) is -1.32. The van der Waals surface area contributed by atoms with E-state index < -0.39 is 24.4 Å². The lowest BCUT2D eigenvalue weighted by Gasteiger charge is -2.23. The molecule has 0 saturated heterocycles. The van der Waals surface area contributed by atoms with E-state index in [0.717, 1.165) is 24.1 Å². The number of aliphatic carboxylic acids is 1. The molecule has 1 aliphatic carbocycles. The zero-order valence-electron chi connectivity index (χ0n) is 26.8. The third kappa shape index (κ3) is 9.68. The number of nitrogens with one attached hydrogen (secondary N) is 2. The molecule has 0 unspecified atom stereocenters. The minimum absolute atomic E-state index is 0.0230. The normalized spacial score (nSPS) is 12.9. The van der Waals surface area contributed by atoms with Crippen LogP contribution in [0.5, 0.6) is 11.5 Å². The zero-order chi connectivity index (χ0) is 33.9. The molecule has 0 aromatic heterocycles. The molecule has 0 radical (unpaired) electrons. The number of carbonyl (C=O) groups excluding carboxylic acids is 3. The summed E-state index contributed by atoms with van der Waals surface area (Å²) in [5, 5.41) is 15.8. The summed E-state index contributed by atoms with van der Waals surface area (Å²) in [6.07, 6.45) is 6.23. The maximum Gasteiger partial charge on any atom is 0.343 e. The van der Waals surface area contributed by atoms with Crippen LogP contribution >= 0.6 is 0 Å². The van der Waals surface area contributed by atoms with Crippen LogP contribution in [0, 0.1) is 0 Å². The number of rotatable bonds is 13. The Balaban J connectivity index is 1.15. The van der Waals surface area contributed by atoms with Crippen LogP contribution in [0.4, 0.5) is 11.4 Å². The predicted molar refractivity (Wildman–Crippen MR) is 182 cm³/mol. The molecule has 0 bridgehead atoms. The number of esters is 1. The van der Waals surface area contributed by atoms with Crippen molar-refractivity contribution in [3.63, 3.8) is 0 Å². The van der Waals surface area contributed by atoms with E-state index in [4.69, 9.17) is 9.47 Å². The molecule has 10 heteroatoms. The fourth-order valence-electron chi connectivity index (χ4n) is 5.61. The minimum Gasteiger partial charge on any atom is -0.497 e. The van der Waals surface area contributed by atoms with Gasteiger partial charge in [-0.05, 0) is 96.8 Å². The molecule has 5 rings (SSSR count). The van der Waals surface area contributed by atoms with Gasteiger partial charge in [0.05, 0.1) is 19.1 Å². The molecule has 10 nitrogen and oxygen atoms in total. The van der Waals surface area contributed by atoms with Crippen LogP contribution in [0.3, 0.4) is 0 Å². The molecule has 4 aromatic carbocycles. The van der Waals surface area contributed by atoms with Gasteiger partial charge in [-0.25, -0.2) is 4.79 Å². The van der Waals surface area contributed by atoms with E-state index in [1.165, 1.54) is 24.2 Å². The van der Waals surface area contributed by atoms with E-state index >= 15 is 0 Å². The molecule has 0 atom stereocenters. The van der Waals surface area contributed by atoms with Crippen LogP contribution in [-0.2, 0) is 22.6 Å². The number of hydrogen-bond donors (Lipinski definition) is 3. The molecule has 0 spiro atoms. The molecular formula is C38H39N3O7. The van der Waals surface area contributed by atoms with Crippen molar-refractivity contribution in [1.82, 2.24) is 4.90 Å². The first-order valence-electron chi connectivity index (χ1n) is 16.0. The summed E-state index contributed by atoms with van der Waals surface area (Å²) in [6.45, 7) is -0.489. The van der Waals surface area contributed by atoms with Gasteiger partial charge in [0.15, 0.2) is 0 Å². The number of carbonyl (C=O) groups is 4. The molecule has 0 heterocycles. The lowest BCUT2D eigenvalue weighted by atomic mass is 9.95. The molecular weight excluding hydrogens is 610 g/mol. The van der Waals surface area contributed by atoms with Gasteiger partial charge in [-0.1, -0.05) is 43.5 Å². The summed E-state index contributed by atoms with van der Waals surface area (Å²) < 4.78 is 10.7. The Bertz CT molecular complexity index is 1700. The molecule has 3 N–H and O–H groups in total. The van der Waals surface area contributed by atoms with E-state index in [2.05, 4.69) is 10.6 Å². The second-order valence-corrected chi connectivity index (χ2v) is 11.8. The van der Waals surface area contributed by atoms with Crippen molar-refractivity contribution in [2.45, 2.75) is 51.1 Å². The summed E-state index contributed by atoms with van der Waals surface area (Å²) in [4.78, 5) is 51.4. The number of carboxylic acid groups (broad SMARTS) is 1. The smallest absolute Gasteiger partial charge is 0.343 e. The standard InChI is InChI=1S/C38H39N3O7/c1-47-33-19-7-26(8-20-33)23-35(42)40-32-15-11-28(12-16-32)37(45)41(25-36(43)44)24-27-9-21-34(22-10-27)48-38(46)29-13-17-31(18-14-29)39-30-5-3-2-4-6-30/h7-22,30,39H,2-6,23-25H2,1H3,(H,40,42)(H,43,44). The minimum atomic E-state index is -1.16. The maximum absolute atomic E-state index is 13.3. The molecule has 0 aliphatic heterocycles. The topological polar surface area (TPSA) is 134 Å². The van der Waals surface area contributed by atoms with Gasteiger partial charge in [-0.3, -0.25) is 14.4 Å². The number of anilines is 2. The highest BCUT2D eigenvalue weighted by Crippen LogP contribution is 2.23. The number of ether oxygens (including phenoxy) is 2. The van der Waals surface area contributed by atoms with Gasteiger partial charge in [0.1, 0.15) is 18.0 Å². The van der Waals surface area contributed by atoms with Crippen molar-refractivity contribution in [2.24, 2.45) is 0 Å². The quantitative estimate of drug-likeness (QED) is 0.109. The Morgan fingerprint density at radius 1 is 0.729 bits per heavy atom. The summed E-state index contributed by atoms with van der Waals surface area (Å²) in [5.41, 5.74) is 3.66. The average molecular weight is 650 g/mol. The van der Waals surface area contributed by atoms with E-state index in [9.17, 15) is 24.3 Å². The maximum atomic E-state index is 13.3. The van der Waals surface area contributed by atoms with Gasteiger partial charge in [0, 0.05) is 29.5 Å². The Morgan fingerprint density at radius 2 is 1.31 bits per heavy atom. The number of nitrogens with zero attached hydrogens (tertiary/aromatic N) is 1. The third-order valence-electron chi connectivity index (χ3n) is 8.16. The monoisotopic (exact) mass is 649 g/mol. The molecule has 1 fully saturated rings. The number of methoxy groups -OCH3 is 1. The van der Waals surface area contributed by atoms with Gasteiger partial charge in [-0.15, -0.1) is 0 Å².